The Morgan fingerprint density at radius 2 is 2.00 bits per heavy atom. The number of allylic oxidation sites excluding steroid dienone is 1. The van der Waals surface area contributed by atoms with Gasteiger partial charge in [-0.2, -0.15) is 0 Å². The summed E-state index contributed by atoms with van der Waals surface area (Å²) in [5.41, 5.74) is 2.53. The van der Waals surface area contributed by atoms with Gasteiger partial charge in [-0.3, -0.25) is 0 Å². The van der Waals surface area contributed by atoms with E-state index in [0.29, 0.717) is 0 Å². The topological polar surface area (TPSA) is 18.5 Å². The molecular formula is C11H14O2. The summed E-state index contributed by atoms with van der Waals surface area (Å²) in [5, 5.41) is 0. The van der Waals surface area contributed by atoms with Gasteiger partial charge in [0.05, 0.1) is 13.2 Å². The zero-order chi connectivity index (χ0) is 9.10. The first-order valence-corrected chi connectivity index (χ1v) is 4.79. The van der Waals surface area contributed by atoms with E-state index in [1.54, 1.807) is 0 Å². The standard InChI is InChI=1S/C11H14O2/c1-2-4-9-5-3-6-10(9)11-12-7-8-13-11/h11H,3,5-8H2,1H3. The van der Waals surface area contributed by atoms with Crippen molar-refractivity contribution in [2.75, 3.05) is 13.2 Å². The van der Waals surface area contributed by atoms with Crippen LogP contribution in [0.5, 0.6) is 0 Å². The van der Waals surface area contributed by atoms with Crippen molar-refractivity contribution in [3.05, 3.63) is 11.1 Å². The first-order valence-electron chi connectivity index (χ1n) is 4.79. The Kier molecular flexibility index (Phi) is 2.68. The summed E-state index contributed by atoms with van der Waals surface area (Å²) in [7, 11) is 0. The van der Waals surface area contributed by atoms with E-state index in [4.69, 9.17) is 9.47 Å². The highest BCUT2D eigenvalue weighted by Gasteiger charge is 2.26. The van der Waals surface area contributed by atoms with E-state index in [1.165, 1.54) is 17.6 Å². The fourth-order valence-corrected chi connectivity index (χ4v) is 1.88. The molecule has 0 N–H and O–H groups in total. The van der Waals surface area contributed by atoms with Crippen LogP contribution >= 0.6 is 0 Å². The van der Waals surface area contributed by atoms with Crippen molar-refractivity contribution < 1.29 is 9.47 Å². The SMILES string of the molecule is CC#CC1=C(C2OCCO2)CCC1. The molecule has 2 heteroatoms. The van der Waals surface area contributed by atoms with Gasteiger partial charge in [0.15, 0.2) is 6.29 Å². The lowest BCUT2D eigenvalue weighted by Crippen LogP contribution is -2.10. The van der Waals surface area contributed by atoms with E-state index in [1.807, 2.05) is 6.92 Å². The first kappa shape index (κ1) is 8.80. The summed E-state index contributed by atoms with van der Waals surface area (Å²) >= 11 is 0. The van der Waals surface area contributed by atoms with Crippen LogP contribution in [0.2, 0.25) is 0 Å². The molecule has 13 heavy (non-hydrogen) atoms. The first-order chi connectivity index (χ1) is 6.42. The molecule has 0 radical (unpaired) electrons. The lowest BCUT2D eigenvalue weighted by Gasteiger charge is -2.10. The quantitative estimate of drug-likeness (QED) is 0.571. The highest BCUT2D eigenvalue weighted by molar-refractivity contribution is 5.37. The van der Waals surface area contributed by atoms with Crippen LogP contribution in [0.15, 0.2) is 11.1 Å². The molecule has 70 valence electrons. The minimum Gasteiger partial charge on any atom is -0.346 e. The molecule has 2 nitrogen and oxygen atoms in total. The minimum absolute atomic E-state index is 0.0849. The maximum atomic E-state index is 5.47. The number of hydrogen-bond acceptors (Lipinski definition) is 2. The Hall–Kier alpha value is -0.780. The Labute approximate surface area is 78.9 Å². The van der Waals surface area contributed by atoms with Crippen molar-refractivity contribution >= 4 is 0 Å². The fraction of sp³-hybridized carbons (Fsp3) is 0.636. The fourth-order valence-electron chi connectivity index (χ4n) is 1.88. The molecule has 1 heterocycles. The van der Waals surface area contributed by atoms with Gasteiger partial charge in [0.1, 0.15) is 0 Å². The molecule has 1 aliphatic heterocycles. The smallest absolute Gasteiger partial charge is 0.181 e. The van der Waals surface area contributed by atoms with Gasteiger partial charge in [-0.25, -0.2) is 0 Å². The second-order valence-electron chi connectivity index (χ2n) is 3.31. The molecule has 0 amide bonds. The second kappa shape index (κ2) is 3.95. The van der Waals surface area contributed by atoms with Crippen molar-refractivity contribution in [1.82, 2.24) is 0 Å². The highest BCUT2D eigenvalue weighted by Crippen LogP contribution is 2.31. The van der Waals surface area contributed by atoms with E-state index >= 15 is 0 Å². The molecule has 0 aromatic rings. The maximum Gasteiger partial charge on any atom is 0.181 e. The molecule has 2 rings (SSSR count). The number of hydrogen-bond donors (Lipinski definition) is 0. The average Bonchev–Trinajstić information content (AvgIpc) is 2.71. The predicted octanol–water partition coefficient (Wildman–Crippen LogP) is 1.86. The molecule has 0 aromatic carbocycles. The molecule has 0 spiro atoms. The van der Waals surface area contributed by atoms with Crippen molar-refractivity contribution in [1.29, 1.82) is 0 Å². The Morgan fingerprint density at radius 1 is 1.23 bits per heavy atom. The summed E-state index contributed by atoms with van der Waals surface area (Å²) in [6.45, 7) is 3.32. The van der Waals surface area contributed by atoms with Crippen LogP contribution in [0.25, 0.3) is 0 Å². The van der Waals surface area contributed by atoms with Crippen LogP contribution in [-0.4, -0.2) is 19.5 Å². The Bertz CT molecular complexity index is 274. The summed E-state index contributed by atoms with van der Waals surface area (Å²) in [6, 6.07) is 0. The number of rotatable bonds is 1. The zero-order valence-electron chi connectivity index (χ0n) is 7.93. The molecule has 0 bridgehead atoms. The van der Waals surface area contributed by atoms with E-state index in [2.05, 4.69) is 11.8 Å². The van der Waals surface area contributed by atoms with Crippen molar-refractivity contribution in [3.63, 3.8) is 0 Å². The minimum atomic E-state index is -0.0849. The lowest BCUT2D eigenvalue weighted by molar-refractivity contribution is -0.0129. The third kappa shape index (κ3) is 1.77. The summed E-state index contributed by atoms with van der Waals surface area (Å²) < 4.78 is 10.9. The van der Waals surface area contributed by atoms with Crippen LogP contribution in [0.3, 0.4) is 0 Å². The van der Waals surface area contributed by atoms with Gasteiger partial charge in [0.2, 0.25) is 0 Å². The maximum absolute atomic E-state index is 5.47. The highest BCUT2D eigenvalue weighted by atomic mass is 16.7. The molecule has 0 aromatic heterocycles. The molecule has 1 saturated heterocycles. The molecule has 1 aliphatic carbocycles. The second-order valence-corrected chi connectivity index (χ2v) is 3.31. The van der Waals surface area contributed by atoms with E-state index < -0.39 is 0 Å². The van der Waals surface area contributed by atoms with Crippen LogP contribution in [0.4, 0.5) is 0 Å². The van der Waals surface area contributed by atoms with Gasteiger partial charge in [-0.15, -0.1) is 5.92 Å². The molecular weight excluding hydrogens is 164 g/mol. The number of ether oxygens (including phenoxy) is 2. The van der Waals surface area contributed by atoms with Gasteiger partial charge >= 0.3 is 0 Å². The largest absolute Gasteiger partial charge is 0.346 e. The average molecular weight is 178 g/mol. The monoisotopic (exact) mass is 178 g/mol. The molecule has 0 unspecified atom stereocenters. The van der Waals surface area contributed by atoms with Gasteiger partial charge in [-0.1, -0.05) is 5.92 Å². The van der Waals surface area contributed by atoms with E-state index in [0.717, 1.165) is 26.1 Å². The van der Waals surface area contributed by atoms with Crippen LogP contribution < -0.4 is 0 Å². The van der Waals surface area contributed by atoms with E-state index in [-0.39, 0.29) is 6.29 Å². The van der Waals surface area contributed by atoms with Gasteiger partial charge in [-0.05, 0) is 31.8 Å². The van der Waals surface area contributed by atoms with Gasteiger partial charge in [0, 0.05) is 5.57 Å². The van der Waals surface area contributed by atoms with Crippen LogP contribution in [-0.2, 0) is 9.47 Å². The summed E-state index contributed by atoms with van der Waals surface area (Å²) in [5.74, 6) is 6.09. The third-order valence-corrected chi connectivity index (χ3v) is 2.44. The lowest BCUT2D eigenvalue weighted by atomic mass is 10.1. The van der Waals surface area contributed by atoms with Gasteiger partial charge < -0.3 is 9.47 Å². The third-order valence-electron chi connectivity index (χ3n) is 2.44. The molecule has 0 saturated carbocycles. The Morgan fingerprint density at radius 3 is 2.69 bits per heavy atom. The van der Waals surface area contributed by atoms with Gasteiger partial charge in [0.25, 0.3) is 0 Å². The van der Waals surface area contributed by atoms with Crippen molar-refractivity contribution in [2.24, 2.45) is 0 Å². The zero-order valence-corrected chi connectivity index (χ0v) is 7.93. The predicted molar refractivity (Wildman–Crippen MR) is 50.0 cm³/mol. The normalized spacial score (nSPS) is 23.5. The van der Waals surface area contributed by atoms with Crippen LogP contribution in [0.1, 0.15) is 26.2 Å². The molecule has 1 fully saturated rings. The molecule has 0 atom stereocenters. The molecule has 2 aliphatic rings. The Balaban J connectivity index is 2.16. The van der Waals surface area contributed by atoms with Crippen molar-refractivity contribution in [3.8, 4) is 11.8 Å². The van der Waals surface area contributed by atoms with Crippen LogP contribution in [0, 0.1) is 11.8 Å². The summed E-state index contributed by atoms with van der Waals surface area (Å²) in [6.07, 6.45) is 3.30. The van der Waals surface area contributed by atoms with E-state index in [9.17, 15) is 0 Å². The summed E-state index contributed by atoms with van der Waals surface area (Å²) in [4.78, 5) is 0. The van der Waals surface area contributed by atoms with Crippen molar-refractivity contribution in [2.45, 2.75) is 32.5 Å².